The minimum absolute atomic E-state index is 0.00697. The molecule has 0 aromatic heterocycles. The minimum atomic E-state index is -0.851. The number of benzene rings is 1. The molecule has 1 aromatic carbocycles. The average molecular weight is 298 g/mol. The molecule has 1 saturated carbocycles. The van der Waals surface area contributed by atoms with Gasteiger partial charge in [0.05, 0.1) is 6.61 Å². The molecule has 1 aliphatic carbocycles. The van der Waals surface area contributed by atoms with Crippen molar-refractivity contribution in [1.29, 1.82) is 0 Å². The van der Waals surface area contributed by atoms with Crippen LogP contribution in [0.25, 0.3) is 0 Å². The van der Waals surface area contributed by atoms with Crippen molar-refractivity contribution >= 4 is 0 Å². The average Bonchev–Trinajstić information content (AvgIpc) is 2.51. The van der Waals surface area contributed by atoms with Crippen molar-refractivity contribution in [2.45, 2.75) is 44.9 Å². The second kappa shape index (κ2) is 7.74. The number of hydrogen-bond donors (Lipinski definition) is 0. The molecule has 0 bridgehead atoms. The van der Waals surface area contributed by atoms with Crippen molar-refractivity contribution in [3.63, 3.8) is 0 Å². The van der Waals surface area contributed by atoms with E-state index >= 15 is 0 Å². The highest BCUT2D eigenvalue weighted by Crippen LogP contribution is 2.39. The molecular formula is C17H24F2O2. The molecule has 0 atom stereocenters. The Morgan fingerprint density at radius 3 is 2.43 bits per heavy atom. The molecule has 118 valence electrons. The topological polar surface area (TPSA) is 18.5 Å². The maximum atomic E-state index is 14.2. The first kappa shape index (κ1) is 16.2. The molecule has 0 N–H and O–H groups in total. The lowest BCUT2D eigenvalue weighted by molar-refractivity contribution is 0.162. The highest BCUT2D eigenvalue weighted by molar-refractivity contribution is 5.33. The second-order valence-corrected chi connectivity index (χ2v) is 5.71. The third-order valence-electron chi connectivity index (χ3n) is 4.39. The van der Waals surface area contributed by atoms with Crippen LogP contribution in [0.2, 0.25) is 0 Å². The molecule has 0 unspecified atom stereocenters. The van der Waals surface area contributed by atoms with Crippen LogP contribution in [-0.4, -0.2) is 20.3 Å². The summed E-state index contributed by atoms with van der Waals surface area (Å²) < 4.78 is 38.3. The van der Waals surface area contributed by atoms with Gasteiger partial charge in [-0.15, -0.1) is 0 Å². The predicted octanol–water partition coefficient (Wildman–Crippen LogP) is 4.67. The third kappa shape index (κ3) is 3.94. The Kier molecular flexibility index (Phi) is 5.97. The van der Waals surface area contributed by atoms with Crippen LogP contribution in [0.4, 0.5) is 8.78 Å². The quantitative estimate of drug-likeness (QED) is 0.759. The van der Waals surface area contributed by atoms with Crippen LogP contribution >= 0.6 is 0 Å². The van der Waals surface area contributed by atoms with E-state index < -0.39 is 11.6 Å². The zero-order valence-electron chi connectivity index (χ0n) is 12.8. The maximum absolute atomic E-state index is 14.2. The molecule has 4 heteroatoms. The number of halogens is 2. The van der Waals surface area contributed by atoms with Crippen LogP contribution in [-0.2, 0) is 4.74 Å². The normalized spacial score (nSPS) is 22.3. The molecule has 2 nitrogen and oxygen atoms in total. The smallest absolute Gasteiger partial charge is 0.200 e. The van der Waals surface area contributed by atoms with E-state index in [0.29, 0.717) is 18.1 Å². The summed E-state index contributed by atoms with van der Waals surface area (Å²) in [4.78, 5) is 0. The summed E-state index contributed by atoms with van der Waals surface area (Å²) in [5.74, 6) is -0.810. The van der Waals surface area contributed by atoms with E-state index in [1.54, 1.807) is 26.2 Å². The Labute approximate surface area is 125 Å². The summed E-state index contributed by atoms with van der Waals surface area (Å²) in [6, 6.07) is 3.23. The molecule has 1 aromatic rings. The number of hydrogen-bond acceptors (Lipinski definition) is 2. The monoisotopic (exact) mass is 298 g/mol. The van der Waals surface area contributed by atoms with Crippen molar-refractivity contribution in [2.75, 3.05) is 20.3 Å². The molecule has 1 aliphatic rings. The Morgan fingerprint density at radius 1 is 1.10 bits per heavy atom. The molecule has 1 fully saturated rings. The van der Waals surface area contributed by atoms with Gasteiger partial charge in [0.25, 0.3) is 0 Å². The molecule has 0 saturated heterocycles. The van der Waals surface area contributed by atoms with Crippen molar-refractivity contribution in [3.05, 3.63) is 29.3 Å². The highest BCUT2D eigenvalue weighted by Gasteiger charge is 2.26. The zero-order chi connectivity index (χ0) is 15.2. The Hall–Kier alpha value is -1.16. The van der Waals surface area contributed by atoms with Gasteiger partial charge in [-0.25, -0.2) is 4.39 Å². The molecular weight excluding hydrogens is 274 g/mol. The summed E-state index contributed by atoms with van der Waals surface area (Å²) in [6.45, 7) is 2.87. The Balaban J connectivity index is 2.02. The zero-order valence-corrected chi connectivity index (χ0v) is 12.8. The van der Waals surface area contributed by atoms with Gasteiger partial charge in [-0.1, -0.05) is 6.07 Å². The number of rotatable bonds is 6. The second-order valence-electron chi connectivity index (χ2n) is 5.71. The standard InChI is InChI=1S/C17H24F2O2/c1-3-21-15-9-8-14(16(18)17(15)19)13-6-4-12(5-7-13)10-11-20-2/h8-9,12-13H,3-7,10-11H2,1-2H3. The molecule has 0 radical (unpaired) electrons. The van der Waals surface area contributed by atoms with Crippen LogP contribution in [0, 0.1) is 17.6 Å². The first-order chi connectivity index (χ1) is 10.2. The van der Waals surface area contributed by atoms with Gasteiger partial charge >= 0.3 is 0 Å². The van der Waals surface area contributed by atoms with E-state index in [0.717, 1.165) is 38.7 Å². The molecule has 2 rings (SSSR count). The lowest BCUT2D eigenvalue weighted by atomic mass is 9.77. The summed E-state index contributed by atoms with van der Waals surface area (Å²) in [7, 11) is 1.71. The van der Waals surface area contributed by atoms with Crippen molar-refractivity contribution in [2.24, 2.45) is 5.92 Å². The van der Waals surface area contributed by atoms with E-state index in [2.05, 4.69) is 0 Å². The highest BCUT2D eigenvalue weighted by atomic mass is 19.2. The van der Waals surface area contributed by atoms with Crippen molar-refractivity contribution < 1.29 is 18.3 Å². The molecule has 0 amide bonds. The predicted molar refractivity (Wildman–Crippen MR) is 78.7 cm³/mol. The van der Waals surface area contributed by atoms with Gasteiger partial charge in [0, 0.05) is 13.7 Å². The van der Waals surface area contributed by atoms with Crippen LogP contribution in [0.15, 0.2) is 12.1 Å². The van der Waals surface area contributed by atoms with Crippen LogP contribution in [0.5, 0.6) is 5.75 Å². The first-order valence-corrected chi connectivity index (χ1v) is 7.77. The van der Waals surface area contributed by atoms with Gasteiger partial charge in [-0.3, -0.25) is 0 Å². The minimum Gasteiger partial charge on any atom is -0.491 e. The SMILES string of the molecule is CCOc1ccc(C2CCC(CCOC)CC2)c(F)c1F. The Bertz CT molecular complexity index is 454. The van der Waals surface area contributed by atoms with Gasteiger partial charge in [0.1, 0.15) is 0 Å². The Morgan fingerprint density at radius 2 is 1.81 bits per heavy atom. The largest absolute Gasteiger partial charge is 0.491 e. The van der Waals surface area contributed by atoms with E-state index in [1.807, 2.05) is 0 Å². The fraction of sp³-hybridized carbons (Fsp3) is 0.647. The van der Waals surface area contributed by atoms with Crippen molar-refractivity contribution in [1.82, 2.24) is 0 Å². The molecule has 21 heavy (non-hydrogen) atoms. The first-order valence-electron chi connectivity index (χ1n) is 7.77. The van der Waals surface area contributed by atoms with Gasteiger partial charge in [0.2, 0.25) is 5.82 Å². The van der Waals surface area contributed by atoms with Gasteiger partial charge in [-0.2, -0.15) is 4.39 Å². The molecule has 0 aliphatic heterocycles. The van der Waals surface area contributed by atoms with E-state index in [9.17, 15) is 8.78 Å². The summed E-state index contributed by atoms with van der Waals surface area (Å²) in [5.41, 5.74) is 0.501. The van der Waals surface area contributed by atoms with Gasteiger partial charge in [0.15, 0.2) is 11.6 Å². The van der Waals surface area contributed by atoms with E-state index in [-0.39, 0.29) is 11.7 Å². The summed E-state index contributed by atoms with van der Waals surface area (Å²) in [6.07, 6.45) is 5.01. The van der Waals surface area contributed by atoms with E-state index in [4.69, 9.17) is 9.47 Å². The lowest BCUT2D eigenvalue weighted by Crippen LogP contribution is -2.16. The van der Waals surface area contributed by atoms with Crippen LogP contribution in [0.3, 0.4) is 0 Å². The van der Waals surface area contributed by atoms with Gasteiger partial charge in [-0.05, 0) is 62.5 Å². The molecule has 0 heterocycles. The van der Waals surface area contributed by atoms with Crippen molar-refractivity contribution in [3.8, 4) is 5.75 Å². The van der Waals surface area contributed by atoms with Crippen LogP contribution < -0.4 is 4.74 Å². The summed E-state index contributed by atoms with van der Waals surface area (Å²) in [5, 5.41) is 0. The fourth-order valence-corrected chi connectivity index (χ4v) is 3.18. The fourth-order valence-electron chi connectivity index (χ4n) is 3.18. The van der Waals surface area contributed by atoms with Gasteiger partial charge < -0.3 is 9.47 Å². The maximum Gasteiger partial charge on any atom is 0.200 e. The number of ether oxygens (including phenoxy) is 2. The third-order valence-corrected chi connectivity index (χ3v) is 4.39. The number of methoxy groups -OCH3 is 1. The summed E-state index contributed by atoms with van der Waals surface area (Å²) >= 11 is 0. The lowest BCUT2D eigenvalue weighted by Gasteiger charge is -2.29. The molecule has 0 spiro atoms. The van der Waals surface area contributed by atoms with Crippen LogP contribution in [0.1, 0.15) is 50.5 Å². The van der Waals surface area contributed by atoms with E-state index in [1.165, 1.54) is 0 Å².